The lowest BCUT2D eigenvalue weighted by Gasteiger charge is -2.41. The number of aromatic nitrogens is 2. The summed E-state index contributed by atoms with van der Waals surface area (Å²) in [6, 6.07) is 17.6. The van der Waals surface area contributed by atoms with E-state index in [1.54, 1.807) is 0 Å². The molecule has 1 N–H and O–H groups in total. The Morgan fingerprint density at radius 1 is 1.03 bits per heavy atom. The highest BCUT2D eigenvalue weighted by Crippen LogP contribution is 2.21. The van der Waals surface area contributed by atoms with Gasteiger partial charge in [-0.15, -0.1) is 0 Å². The van der Waals surface area contributed by atoms with Gasteiger partial charge in [0.1, 0.15) is 24.7 Å². The molecule has 1 saturated heterocycles. The molecule has 0 saturated carbocycles. The molecule has 0 aliphatic carbocycles. The van der Waals surface area contributed by atoms with Gasteiger partial charge in [-0.1, -0.05) is 36.8 Å². The second-order valence-corrected chi connectivity index (χ2v) is 8.84. The van der Waals surface area contributed by atoms with Crippen LogP contribution in [0.15, 0.2) is 54.6 Å². The van der Waals surface area contributed by atoms with Crippen LogP contribution in [0.1, 0.15) is 38.9 Å². The lowest BCUT2D eigenvalue weighted by molar-refractivity contribution is -0.122. The van der Waals surface area contributed by atoms with E-state index >= 15 is 0 Å². The highest BCUT2D eigenvalue weighted by Gasteiger charge is 2.28. The van der Waals surface area contributed by atoms with Gasteiger partial charge < -0.3 is 14.6 Å². The van der Waals surface area contributed by atoms with Crippen molar-refractivity contribution in [2.24, 2.45) is 0 Å². The maximum Gasteiger partial charge on any atom is 0.240 e. The van der Waals surface area contributed by atoms with E-state index in [2.05, 4.69) is 24.1 Å². The Hall–Kier alpha value is -2.86. The van der Waals surface area contributed by atoms with E-state index in [1.165, 1.54) is 19.3 Å². The third-order valence-electron chi connectivity index (χ3n) is 6.08. The monoisotopic (exact) mass is 420 g/mol. The highest BCUT2D eigenvalue weighted by atomic mass is 16.5. The van der Waals surface area contributed by atoms with Gasteiger partial charge in [0.15, 0.2) is 0 Å². The van der Waals surface area contributed by atoms with Crippen LogP contribution in [0.25, 0.3) is 11.0 Å². The predicted octanol–water partition coefficient (Wildman–Crippen LogP) is 4.00. The Bertz CT molecular complexity index is 1010. The number of imidazole rings is 1. The number of ether oxygens (including phenoxy) is 1. The molecule has 3 aromatic rings. The Labute approximate surface area is 184 Å². The van der Waals surface area contributed by atoms with Crippen LogP contribution < -0.4 is 10.1 Å². The molecule has 1 fully saturated rings. The minimum atomic E-state index is -0.0493. The molecule has 2 heterocycles. The van der Waals surface area contributed by atoms with Gasteiger partial charge in [0.2, 0.25) is 5.91 Å². The zero-order valence-electron chi connectivity index (χ0n) is 18.5. The molecule has 1 aliphatic heterocycles. The molecule has 31 heavy (non-hydrogen) atoms. The normalized spacial score (nSPS) is 15.2. The molecule has 0 bridgehead atoms. The first-order chi connectivity index (χ1) is 15.0. The zero-order valence-corrected chi connectivity index (χ0v) is 18.5. The molecule has 1 aliphatic rings. The van der Waals surface area contributed by atoms with Crippen molar-refractivity contribution in [3.8, 4) is 5.75 Å². The van der Waals surface area contributed by atoms with Gasteiger partial charge in [-0.2, -0.15) is 0 Å². The molecule has 0 unspecified atom stereocenters. The molecule has 2 aromatic carbocycles. The van der Waals surface area contributed by atoms with E-state index < -0.39 is 0 Å². The first-order valence-electron chi connectivity index (χ1n) is 11.2. The number of rotatable bonds is 8. The third kappa shape index (κ3) is 5.25. The fourth-order valence-electron chi connectivity index (χ4n) is 4.20. The average Bonchev–Trinajstić information content (AvgIpc) is 3.15. The molecule has 0 atom stereocenters. The summed E-state index contributed by atoms with van der Waals surface area (Å²) < 4.78 is 7.88. The van der Waals surface area contributed by atoms with Gasteiger partial charge in [-0.3, -0.25) is 9.69 Å². The summed E-state index contributed by atoms with van der Waals surface area (Å²) in [6.07, 6.45) is 3.78. The van der Waals surface area contributed by atoms with Gasteiger partial charge in [0.25, 0.3) is 0 Å². The summed E-state index contributed by atoms with van der Waals surface area (Å²) in [6.45, 7) is 7.81. The summed E-state index contributed by atoms with van der Waals surface area (Å²) in [5, 5.41) is 3.15. The maximum absolute atomic E-state index is 12.9. The second-order valence-electron chi connectivity index (χ2n) is 8.84. The standard InChI is InChI=1S/C25H32N4O2/c1-25(2,28-15-9-4-10-16-28)19-26-24(30)17-29-22-14-8-7-13-21(22)27-23(29)18-31-20-11-5-3-6-12-20/h3,5-8,11-14H,4,9-10,15-19H2,1-2H3,(H,26,30). The highest BCUT2D eigenvalue weighted by molar-refractivity contribution is 5.81. The molecule has 164 valence electrons. The lowest BCUT2D eigenvalue weighted by atomic mass is 9.98. The van der Waals surface area contributed by atoms with E-state index in [0.717, 1.165) is 35.7 Å². The van der Waals surface area contributed by atoms with Crippen molar-refractivity contribution in [3.63, 3.8) is 0 Å². The second kappa shape index (κ2) is 9.52. The van der Waals surface area contributed by atoms with Gasteiger partial charge in [-0.25, -0.2) is 4.98 Å². The van der Waals surface area contributed by atoms with Gasteiger partial charge in [0.05, 0.1) is 11.0 Å². The van der Waals surface area contributed by atoms with Crippen LogP contribution in [0.4, 0.5) is 0 Å². The smallest absolute Gasteiger partial charge is 0.240 e. The SMILES string of the molecule is CC(C)(CNC(=O)Cn1c(COc2ccccc2)nc2ccccc21)N1CCCCC1. The minimum absolute atomic E-state index is 0.00537. The van der Waals surface area contributed by atoms with E-state index in [-0.39, 0.29) is 18.0 Å². The van der Waals surface area contributed by atoms with Crippen molar-refractivity contribution in [2.45, 2.75) is 51.8 Å². The summed E-state index contributed by atoms with van der Waals surface area (Å²) in [5.74, 6) is 1.53. The Balaban J connectivity index is 1.44. The van der Waals surface area contributed by atoms with Crippen molar-refractivity contribution in [3.05, 3.63) is 60.4 Å². The van der Waals surface area contributed by atoms with Crippen molar-refractivity contribution < 1.29 is 9.53 Å². The van der Waals surface area contributed by atoms with Crippen LogP contribution in [0, 0.1) is 0 Å². The summed E-state index contributed by atoms with van der Waals surface area (Å²) >= 11 is 0. The number of nitrogens with one attached hydrogen (secondary N) is 1. The summed E-state index contributed by atoms with van der Waals surface area (Å²) in [7, 11) is 0. The van der Waals surface area contributed by atoms with E-state index in [4.69, 9.17) is 9.72 Å². The Morgan fingerprint density at radius 2 is 1.74 bits per heavy atom. The molecule has 1 aromatic heterocycles. The van der Waals surface area contributed by atoms with Gasteiger partial charge in [-0.05, 0) is 64.0 Å². The fraction of sp³-hybridized carbons (Fsp3) is 0.440. The molecule has 0 spiro atoms. The van der Waals surface area contributed by atoms with Gasteiger partial charge in [0, 0.05) is 12.1 Å². The molecular formula is C25H32N4O2. The van der Waals surface area contributed by atoms with Crippen LogP contribution >= 0.6 is 0 Å². The number of nitrogens with zero attached hydrogens (tertiary/aromatic N) is 3. The number of carbonyl (C=O) groups is 1. The molecule has 1 amide bonds. The number of hydrogen-bond donors (Lipinski definition) is 1. The molecular weight excluding hydrogens is 388 g/mol. The number of carbonyl (C=O) groups excluding carboxylic acids is 1. The topological polar surface area (TPSA) is 59.4 Å². The number of amides is 1. The number of benzene rings is 2. The summed E-state index contributed by atoms with van der Waals surface area (Å²) in [5.41, 5.74) is 1.77. The zero-order chi connectivity index (χ0) is 21.7. The largest absolute Gasteiger partial charge is 0.486 e. The van der Waals surface area contributed by atoms with Crippen LogP contribution in [-0.2, 0) is 17.9 Å². The molecule has 6 heteroatoms. The first-order valence-corrected chi connectivity index (χ1v) is 11.2. The Kier molecular flexibility index (Phi) is 6.56. The lowest BCUT2D eigenvalue weighted by Crippen LogP contribution is -2.53. The minimum Gasteiger partial charge on any atom is -0.486 e. The average molecular weight is 421 g/mol. The molecule has 6 nitrogen and oxygen atoms in total. The number of fused-ring (bicyclic) bond motifs is 1. The fourth-order valence-corrected chi connectivity index (χ4v) is 4.20. The van der Waals surface area contributed by atoms with Crippen molar-refractivity contribution >= 4 is 16.9 Å². The summed E-state index contributed by atoms with van der Waals surface area (Å²) in [4.78, 5) is 20.1. The van der Waals surface area contributed by atoms with Gasteiger partial charge >= 0.3 is 0 Å². The van der Waals surface area contributed by atoms with Crippen LogP contribution in [-0.4, -0.2) is 45.5 Å². The number of likely N-dealkylation sites (tertiary alicyclic amines) is 1. The first kappa shape index (κ1) is 21.4. The predicted molar refractivity (Wildman–Crippen MR) is 123 cm³/mol. The van der Waals surface area contributed by atoms with Crippen LogP contribution in [0.2, 0.25) is 0 Å². The van der Waals surface area contributed by atoms with Crippen molar-refractivity contribution in [2.75, 3.05) is 19.6 Å². The van der Waals surface area contributed by atoms with Crippen LogP contribution in [0.3, 0.4) is 0 Å². The van der Waals surface area contributed by atoms with E-state index in [0.29, 0.717) is 13.2 Å². The van der Waals surface area contributed by atoms with Crippen LogP contribution in [0.5, 0.6) is 5.75 Å². The maximum atomic E-state index is 12.9. The third-order valence-corrected chi connectivity index (χ3v) is 6.08. The Morgan fingerprint density at radius 3 is 2.52 bits per heavy atom. The van der Waals surface area contributed by atoms with Crippen molar-refractivity contribution in [1.29, 1.82) is 0 Å². The molecule has 4 rings (SSSR count). The van der Waals surface area contributed by atoms with E-state index in [1.807, 2.05) is 59.2 Å². The number of para-hydroxylation sites is 3. The number of hydrogen-bond acceptors (Lipinski definition) is 4. The molecule has 0 radical (unpaired) electrons. The quantitative estimate of drug-likeness (QED) is 0.599. The number of piperidine rings is 1. The van der Waals surface area contributed by atoms with Crippen molar-refractivity contribution in [1.82, 2.24) is 19.8 Å². The van der Waals surface area contributed by atoms with E-state index in [9.17, 15) is 4.79 Å².